The predicted molar refractivity (Wildman–Crippen MR) is 63.9 cm³/mol. The van der Waals surface area contributed by atoms with Crippen molar-refractivity contribution in [3.8, 4) is 0 Å². The number of carbonyl (C=O) groups is 1. The van der Waals surface area contributed by atoms with Gasteiger partial charge < -0.3 is 0 Å². The second-order valence-electron chi connectivity index (χ2n) is 4.12. The quantitative estimate of drug-likeness (QED) is 0.639. The van der Waals surface area contributed by atoms with Gasteiger partial charge in [0.2, 0.25) is 0 Å². The van der Waals surface area contributed by atoms with Crippen LogP contribution in [0.15, 0.2) is 24.3 Å². The molecule has 0 atom stereocenters. The molecule has 1 nitrogen and oxygen atoms in total. The first kappa shape index (κ1) is 12.9. The average Bonchev–Trinajstić information content (AvgIpc) is 2.29. The zero-order valence-electron chi connectivity index (χ0n) is 9.84. The Kier molecular flexibility index (Phi) is 5.76. The molecule has 0 spiro atoms. The standard InChI is InChI=1S/C14H19FO/c1-2-3-4-5-14(16)11-8-12-6-9-13(15)10-7-12/h6-7,9-10H,2-5,8,11H2,1H3. The predicted octanol–water partition coefficient (Wildman–Crippen LogP) is 3.91. The smallest absolute Gasteiger partial charge is 0.133 e. The number of aryl methyl sites for hydroxylation is 1. The third-order valence-electron chi connectivity index (χ3n) is 2.66. The van der Waals surface area contributed by atoms with Gasteiger partial charge >= 0.3 is 0 Å². The summed E-state index contributed by atoms with van der Waals surface area (Å²) in [6, 6.07) is 6.37. The van der Waals surface area contributed by atoms with Crippen molar-refractivity contribution in [2.45, 2.75) is 45.4 Å². The molecule has 0 N–H and O–H groups in total. The van der Waals surface area contributed by atoms with Gasteiger partial charge in [0.05, 0.1) is 0 Å². The first-order chi connectivity index (χ1) is 7.72. The van der Waals surface area contributed by atoms with E-state index in [1.54, 1.807) is 12.1 Å². The van der Waals surface area contributed by atoms with Crippen LogP contribution < -0.4 is 0 Å². The maximum Gasteiger partial charge on any atom is 0.133 e. The molecular formula is C14H19FO. The number of carbonyl (C=O) groups excluding carboxylic acids is 1. The van der Waals surface area contributed by atoms with E-state index in [2.05, 4.69) is 6.92 Å². The Hall–Kier alpha value is -1.18. The molecule has 0 aliphatic rings. The number of benzene rings is 1. The number of halogens is 1. The van der Waals surface area contributed by atoms with E-state index >= 15 is 0 Å². The van der Waals surface area contributed by atoms with Gasteiger partial charge in [0.1, 0.15) is 11.6 Å². The average molecular weight is 222 g/mol. The minimum absolute atomic E-state index is 0.224. The van der Waals surface area contributed by atoms with Crippen molar-refractivity contribution in [1.82, 2.24) is 0 Å². The molecule has 1 aromatic rings. The van der Waals surface area contributed by atoms with Crippen LogP contribution in [0.5, 0.6) is 0 Å². The lowest BCUT2D eigenvalue weighted by Gasteiger charge is -2.01. The molecule has 16 heavy (non-hydrogen) atoms. The minimum atomic E-state index is -0.224. The van der Waals surface area contributed by atoms with E-state index in [-0.39, 0.29) is 5.82 Å². The van der Waals surface area contributed by atoms with E-state index in [4.69, 9.17) is 0 Å². The summed E-state index contributed by atoms with van der Waals surface area (Å²) in [6.45, 7) is 2.13. The lowest BCUT2D eigenvalue weighted by atomic mass is 10.0. The summed E-state index contributed by atoms with van der Waals surface area (Å²) in [6.07, 6.45) is 5.27. The zero-order chi connectivity index (χ0) is 11.8. The van der Waals surface area contributed by atoms with E-state index in [0.717, 1.165) is 31.2 Å². The van der Waals surface area contributed by atoms with Crippen molar-refractivity contribution < 1.29 is 9.18 Å². The van der Waals surface area contributed by atoms with Gasteiger partial charge in [-0.05, 0) is 30.5 Å². The molecule has 2 heteroatoms. The lowest BCUT2D eigenvalue weighted by Crippen LogP contribution is -2.00. The molecule has 0 aliphatic carbocycles. The molecule has 0 aliphatic heterocycles. The summed E-state index contributed by atoms with van der Waals surface area (Å²) in [4.78, 5) is 11.5. The van der Waals surface area contributed by atoms with Gasteiger partial charge in [-0.25, -0.2) is 4.39 Å². The number of Topliss-reactive ketones (excluding diaryl/α,β-unsaturated/α-hetero) is 1. The van der Waals surface area contributed by atoms with Gasteiger partial charge in [0.25, 0.3) is 0 Å². The Morgan fingerprint density at radius 3 is 2.44 bits per heavy atom. The van der Waals surface area contributed by atoms with E-state index < -0.39 is 0 Å². The third-order valence-corrected chi connectivity index (χ3v) is 2.66. The van der Waals surface area contributed by atoms with E-state index in [9.17, 15) is 9.18 Å². The summed E-state index contributed by atoms with van der Waals surface area (Å²) in [5.74, 6) is 0.0933. The summed E-state index contributed by atoms with van der Waals surface area (Å²) in [5.41, 5.74) is 1.03. The molecule has 0 radical (unpaired) electrons. The number of ketones is 1. The van der Waals surface area contributed by atoms with Crippen LogP contribution in [-0.2, 0) is 11.2 Å². The molecule has 88 valence electrons. The number of hydrogen-bond acceptors (Lipinski definition) is 1. The Bertz CT molecular complexity index is 316. The Balaban J connectivity index is 2.23. The highest BCUT2D eigenvalue weighted by Gasteiger charge is 2.02. The Labute approximate surface area is 96.7 Å². The van der Waals surface area contributed by atoms with Crippen LogP contribution in [0.3, 0.4) is 0 Å². The van der Waals surface area contributed by atoms with Gasteiger partial charge in [-0.3, -0.25) is 4.79 Å². The molecule has 0 unspecified atom stereocenters. The molecular weight excluding hydrogens is 203 g/mol. The summed E-state index contributed by atoms with van der Waals surface area (Å²) >= 11 is 0. The van der Waals surface area contributed by atoms with Gasteiger partial charge in [-0.15, -0.1) is 0 Å². The van der Waals surface area contributed by atoms with Crippen LogP contribution in [0, 0.1) is 5.82 Å². The highest BCUT2D eigenvalue weighted by atomic mass is 19.1. The van der Waals surface area contributed by atoms with Crippen LogP contribution in [0.25, 0.3) is 0 Å². The van der Waals surface area contributed by atoms with E-state index in [0.29, 0.717) is 18.6 Å². The maximum atomic E-state index is 12.6. The SMILES string of the molecule is CCCCCC(=O)CCc1ccc(F)cc1. The van der Waals surface area contributed by atoms with E-state index in [1.165, 1.54) is 12.1 Å². The van der Waals surface area contributed by atoms with Crippen LogP contribution in [0.1, 0.15) is 44.6 Å². The normalized spacial score (nSPS) is 10.4. The molecule has 1 aromatic carbocycles. The summed E-state index contributed by atoms with van der Waals surface area (Å²) in [7, 11) is 0. The Morgan fingerprint density at radius 2 is 1.81 bits per heavy atom. The fourth-order valence-electron chi connectivity index (χ4n) is 1.63. The first-order valence-electron chi connectivity index (χ1n) is 5.98. The highest BCUT2D eigenvalue weighted by Crippen LogP contribution is 2.08. The summed E-state index contributed by atoms with van der Waals surface area (Å²) in [5, 5.41) is 0. The highest BCUT2D eigenvalue weighted by molar-refractivity contribution is 5.78. The van der Waals surface area contributed by atoms with Crippen LogP contribution >= 0.6 is 0 Å². The molecule has 0 aromatic heterocycles. The van der Waals surface area contributed by atoms with Crippen molar-refractivity contribution in [2.24, 2.45) is 0 Å². The van der Waals surface area contributed by atoms with Gasteiger partial charge in [-0.2, -0.15) is 0 Å². The van der Waals surface area contributed by atoms with Gasteiger partial charge in [0.15, 0.2) is 0 Å². The van der Waals surface area contributed by atoms with Gasteiger partial charge in [-0.1, -0.05) is 31.9 Å². The molecule has 0 saturated heterocycles. The van der Waals surface area contributed by atoms with Crippen LogP contribution in [-0.4, -0.2) is 5.78 Å². The fraction of sp³-hybridized carbons (Fsp3) is 0.500. The number of unbranched alkanes of at least 4 members (excludes halogenated alkanes) is 2. The van der Waals surface area contributed by atoms with E-state index in [1.807, 2.05) is 0 Å². The largest absolute Gasteiger partial charge is 0.300 e. The molecule has 0 bridgehead atoms. The number of hydrogen-bond donors (Lipinski definition) is 0. The van der Waals surface area contributed by atoms with Crippen molar-refractivity contribution in [1.29, 1.82) is 0 Å². The molecule has 0 saturated carbocycles. The second kappa shape index (κ2) is 7.15. The molecule has 0 fully saturated rings. The second-order valence-corrected chi connectivity index (χ2v) is 4.12. The maximum absolute atomic E-state index is 12.6. The van der Waals surface area contributed by atoms with Crippen molar-refractivity contribution in [2.75, 3.05) is 0 Å². The molecule has 0 heterocycles. The topological polar surface area (TPSA) is 17.1 Å². The first-order valence-corrected chi connectivity index (χ1v) is 5.98. The Morgan fingerprint density at radius 1 is 1.12 bits per heavy atom. The monoisotopic (exact) mass is 222 g/mol. The number of rotatable bonds is 7. The van der Waals surface area contributed by atoms with Crippen LogP contribution in [0.2, 0.25) is 0 Å². The minimum Gasteiger partial charge on any atom is -0.300 e. The molecule has 0 amide bonds. The third kappa shape index (κ3) is 5.06. The summed E-state index contributed by atoms with van der Waals surface area (Å²) < 4.78 is 12.6. The van der Waals surface area contributed by atoms with Crippen molar-refractivity contribution in [3.63, 3.8) is 0 Å². The van der Waals surface area contributed by atoms with Crippen molar-refractivity contribution in [3.05, 3.63) is 35.6 Å². The zero-order valence-corrected chi connectivity index (χ0v) is 9.84. The lowest BCUT2D eigenvalue weighted by molar-refractivity contribution is -0.119. The molecule has 1 rings (SSSR count). The van der Waals surface area contributed by atoms with Crippen LogP contribution in [0.4, 0.5) is 4.39 Å². The van der Waals surface area contributed by atoms with Gasteiger partial charge in [0, 0.05) is 12.8 Å². The fourth-order valence-corrected chi connectivity index (χ4v) is 1.63. The van der Waals surface area contributed by atoms with Crippen molar-refractivity contribution >= 4 is 5.78 Å².